The number of aliphatic carboxylic acids is 2. The zero-order valence-corrected chi connectivity index (χ0v) is 12.6. The quantitative estimate of drug-likeness (QED) is 0.585. The molecule has 0 unspecified atom stereocenters. The van der Waals surface area contributed by atoms with E-state index in [0.29, 0.717) is 35.4 Å². The van der Waals surface area contributed by atoms with Crippen LogP contribution in [0.15, 0.2) is 46.6 Å². The van der Waals surface area contributed by atoms with Crippen molar-refractivity contribution in [3.05, 3.63) is 57.7 Å². The molecule has 0 saturated carbocycles. The van der Waals surface area contributed by atoms with Crippen molar-refractivity contribution >= 4 is 23.4 Å². The van der Waals surface area contributed by atoms with Gasteiger partial charge in [0.1, 0.15) is 0 Å². The second kappa shape index (κ2) is 7.28. The molecule has 0 heterocycles. The van der Waals surface area contributed by atoms with Crippen molar-refractivity contribution in [2.75, 3.05) is 0 Å². The number of hydrogen-bond acceptors (Lipinski definition) is 2. The van der Waals surface area contributed by atoms with Gasteiger partial charge in [0, 0.05) is 12.2 Å². The van der Waals surface area contributed by atoms with E-state index in [-0.39, 0.29) is 24.0 Å². The molecule has 8 nitrogen and oxygen atoms in total. The largest absolute Gasteiger partial charge is 0.478 e. The van der Waals surface area contributed by atoms with Crippen LogP contribution in [0.1, 0.15) is 25.7 Å². The second-order valence-electron chi connectivity index (χ2n) is 5.35. The lowest BCUT2D eigenvalue weighted by Gasteiger charge is -2.14. The predicted octanol–water partition coefficient (Wildman–Crippen LogP) is 1.79. The molecule has 2 aliphatic carbocycles. The molecule has 0 bridgehead atoms. The fourth-order valence-electron chi connectivity index (χ4n) is 2.67. The maximum Gasteiger partial charge on any atom is 0.335 e. The molecule has 0 spiro atoms. The molecule has 2 N–H and O–H groups in total. The van der Waals surface area contributed by atoms with Crippen LogP contribution in [-0.2, 0) is 9.59 Å². The molecule has 8 heteroatoms. The SMILES string of the molecule is [N-]=[N+]=C1C=CC(C(=O)O)=C(CCC2=C(C(=O)O)C=CC(=[N+]=[N-])C2)C1. The number of rotatable bonds is 5. The van der Waals surface area contributed by atoms with Gasteiger partial charge >= 0.3 is 11.9 Å². The fraction of sp³-hybridized carbons (Fsp3) is 0.250. The zero-order chi connectivity index (χ0) is 17.7. The van der Waals surface area contributed by atoms with E-state index in [1.165, 1.54) is 24.3 Å². The van der Waals surface area contributed by atoms with Crippen molar-refractivity contribution in [3.8, 4) is 0 Å². The van der Waals surface area contributed by atoms with Crippen LogP contribution < -0.4 is 0 Å². The molecule has 0 aromatic rings. The molecule has 0 aliphatic heterocycles. The van der Waals surface area contributed by atoms with Gasteiger partial charge in [-0.3, -0.25) is 0 Å². The Morgan fingerprint density at radius 3 is 1.50 bits per heavy atom. The number of carboxylic acid groups (broad SMARTS) is 2. The predicted molar refractivity (Wildman–Crippen MR) is 83.3 cm³/mol. The van der Waals surface area contributed by atoms with Crippen molar-refractivity contribution < 1.29 is 29.4 Å². The number of hydrogen-bond donors (Lipinski definition) is 2. The van der Waals surface area contributed by atoms with Gasteiger partial charge in [-0.15, -0.1) is 0 Å². The normalized spacial score (nSPS) is 17.0. The van der Waals surface area contributed by atoms with E-state index in [0.717, 1.165) is 0 Å². The van der Waals surface area contributed by atoms with Gasteiger partial charge in [0.15, 0.2) is 0 Å². The summed E-state index contributed by atoms with van der Waals surface area (Å²) in [5, 5.41) is 18.5. The van der Waals surface area contributed by atoms with Crippen molar-refractivity contribution in [2.45, 2.75) is 25.7 Å². The van der Waals surface area contributed by atoms with Crippen molar-refractivity contribution in [1.82, 2.24) is 0 Å². The third-order valence-electron chi connectivity index (χ3n) is 3.88. The lowest BCUT2D eigenvalue weighted by atomic mass is 9.87. The monoisotopic (exact) mass is 326 g/mol. The third kappa shape index (κ3) is 3.70. The summed E-state index contributed by atoms with van der Waals surface area (Å²) in [5.41, 5.74) is 19.7. The maximum absolute atomic E-state index is 11.3. The van der Waals surface area contributed by atoms with Gasteiger partial charge in [0.2, 0.25) is 0 Å². The Hall–Kier alpha value is -3.34. The highest BCUT2D eigenvalue weighted by Crippen LogP contribution is 2.28. The highest BCUT2D eigenvalue weighted by Gasteiger charge is 2.25. The molecule has 0 amide bonds. The third-order valence-corrected chi connectivity index (χ3v) is 3.88. The highest BCUT2D eigenvalue weighted by atomic mass is 16.4. The first-order valence-electron chi connectivity index (χ1n) is 7.15. The Morgan fingerprint density at radius 2 is 1.21 bits per heavy atom. The Morgan fingerprint density at radius 1 is 0.833 bits per heavy atom. The number of carbonyl (C=O) groups is 2. The van der Waals surface area contributed by atoms with Gasteiger partial charge < -0.3 is 21.3 Å². The first-order valence-corrected chi connectivity index (χ1v) is 7.15. The van der Waals surface area contributed by atoms with Crippen LogP contribution in [0.5, 0.6) is 0 Å². The molecule has 0 radical (unpaired) electrons. The van der Waals surface area contributed by atoms with Crippen LogP contribution >= 0.6 is 0 Å². The second-order valence-corrected chi connectivity index (χ2v) is 5.35. The Balaban J connectivity index is 2.29. The van der Waals surface area contributed by atoms with Gasteiger partial charge in [-0.1, -0.05) is 0 Å². The Bertz CT molecular complexity index is 762. The molecular formula is C16H14N4O4. The molecule has 0 aromatic heterocycles. The molecule has 0 aromatic carbocycles. The fourth-order valence-corrected chi connectivity index (χ4v) is 2.67. The average Bonchev–Trinajstić information content (AvgIpc) is 2.58. The van der Waals surface area contributed by atoms with Gasteiger partial charge in [0.05, 0.1) is 24.0 Å². The first-order chi connectivity index (χ1) is 11.5. The van der Waals surface area contributed by atoms with Gasteiger partial charge in [-0.05, 0) is 36.1 Å². The van der Waals surface area contributed by atoms with E-state index in [4.69, 9.17) is 11.1 Å². The van der Waals surface area contributed by atoms with Crippen LogP contribution in [0.3, 0.4) is 0 Å². The summed E-state index contributed by atoms with van der Waals surface area (Å²) < 4.78 is 0. The highest BCUT2D eigenvalue weighted by molar-refractivity contribution is 6.02. The van der Waals surface area contributed by atoms with E-state index in [1.54, 1.807) is 0 Å². The summed E-state index contributed by atoms with van der Waals surface area (Å²) in [6.07, 6.45) is 6.53. The van der Waals surface area contributed by atoms with E-state index < -0.39 is 11.9 Å². The minimum absolute atomic E-state index is 0.113. The summed E-state index contributed by atoms with van der Waals surface area (Å²) in [7, 11) is 0. The molecule has 0 fully saturated rings. The van der Waals surface area contributed by atoms with Crippen LogP contribution in [0.25, 0.3) is 11.1 Å². The molecular weight excluding hydrogens is 312 g/mol. The minimum atomic E-state index is -1.09. The summed E-state index contributed by atoms with van der Waals surface area (Å²) >= 11 is 0. The molecule has 24 heavy (non-hydrogen) atoms. The number of nitrogens with zero attached hydrogens (tertiary/aromatic N) is 4. The van der Waals surface area contributed by atoms with Crippen molar-refractivity contribution in [1.29, 1.82) is 0 Å². The van der Waals surface area contributed by atoms with Crippen LogP contribution in [0, 0.1) is 0 Å². The van der Waals surface area contributed by atoms with Gasteiger partial charge in [-0.2, -0.15) is 9.58 Å². The van der Waals surface area contributed by atoms with Gasteiger partial charge in [0.25, 0.3) is 11.4 Å². The van der Waals surface area contributed by atoms with Gasteiger partial charge in [-0.25, -0.2) is 9.59 Å². The Kier molecular flexibility index (Phi) is 5.16. The topological polar surface area (TPSA) is 147 Å². The molecule has 122 valence electrons. The molecule has 0 atom stereocenters. The zero-order valence-electron chi connectivity index (χ0n) is 12.6. The van der Waals surface area contributed by atoms with Crippen molar-refractivity contribution in [3.63, 3.8) is 0 Å². The number of allylic oxidation sites excluding steroid dienone is 4. The molecule has 0 saturated heterocycles. The van der Waals surface area contributed by atoms with E-state index in [9.17, 15) is 19.8 Å². The minimum Gasteiger partial charge on any atom is -0.478 e. The van der Waals surface area contributed by atoms with E-state index >= 15 is 0 Å². The maximum atomic E-state index is 11.3. The standard InChI is InChI=1S/C16H14N4O4/c17-19-11-3-5-13(15(21)22)9(7-11)1-2-10-8-12(20-18)4-6-14(10)16(23)24/h3-6H,1-2,7-8H2,(H,21,22)(H,23,24). The summed E-state index contributed by atoms with van der Waals surface area (Å²) in [4.78, 5) is 28.8. The smallest absolute Gasteiger partial charge is 0.335 e. The number of carboxylic acids is 2. The Labute approximate surface area is 137 Å². The first kappa shape index (κ1) is 17.0. The van der Waals surface area contributed by atoms with E-state index in [2.05, 4.69) is 9.58 Å². The average molecular weight is 326 g/mol. The molecule has 2 rings (SSSR count). The van der Waals surface area contributed by atoms with Crippen LogP contribution in [0.2, 0.25) is 0 Å². The molecule has 2 aliphatic rings. The lowest BCUT2D eigenvalue weighted by Crippen LogP contribution is -2.14. The summed E-state index contributed by atoms with van der Waals surface area (Å²) in [6, 6.07) is 0. The van der Waals surface area contributed by atoms with Crippen molar-refractivity contribution in [2.24, 2.45) is 0 Å². The van der Waals surface area contributed by atoms with Crippen LogP contribution in [0.4, 0.5) is 0 Å². The summed E-state index contributed by atoms with van der Waals surface area (Å²) in [5.74, 6) is -2.18. The lowest BCUT2D eigenvalue weighted by molar-refractivity contribution is -0.133. The van der Waals surface area contributed by atoms with Crippen LogP contribution in [-0.4, -0.2) is 43.2 Å². The van der Waals surface area contributed by atoms with E-state index in [1.807, 2.05) is 0 Å². The summed E-state index contributed by atoms with van der Waals surface area (Å²) in [6.45, 7) is 0.